The van der Waals surface area contributed by atoms with Crippen molar-refractivity contribution in [3.05, 3.63) is 0 Å². The maximum atomic E-state index is 10.3. The molecule has 0 amide bonds. The van der Waals surface area contributed by atoms with E-state index in [1.807, 2.05) is 0 Å². The molecule has 0 fully saturated rings. The molecule has 15 heavy (non-hydrogen) atoms. The quantitative estimate of drug-likeness (QED) is 0.425. The zero-order valence-corrected chi connectivity index (χ0v) is 12.8. The van der Waals surface area contributed by atoms with Gasteiger partial charge in [-0.1, -0.05) is 19.8 Å². The Kier molecular flexibility index (Phi) is 23.6. The van der Waals surface area contributed by atoms with Gasteiger partial charge in [0.05, 0.1) is 13.0 Å². The number of unbranched alkanes of at least 4 members (excludes halogenated alkanes) is 1. The van der Waals surface area contributed by atoms with Gasteiger partial charge in [0, 0.05) is 6.42 Å². The number of rotatable bonds is 6. The van der Waals surface area contributed by atoms with E-state index in [4.69, 9.17) is 10.8 Å². The number of Topliss-reactive ketones (excluding diaryl/α,β-unsaturated/α-hetero) is 1. The number of carbonyl (C=O) groups is 2. The normalized spacial score (nSPS) is 8.20. The van der Waals surface area contributed by atoms with Crippen molar-refractivity contribution in [2.45, 2.75) is 32.6 Å². The average Bonchev–Trinajstić information content (AvgIpc) is 2.16. The summed E-state index contributed by atoms with van der Waals surface area (Å²) in [4.78, 5) is 20.2. The fourth-order valence-electron chi connectivity index (χ4n) is 0.553. The van der Waals surface area contributed by atoms with E-state index in [9.17, 15) is 9.59 Å². The van der Waals surface area contributed by atoms with Crippen LogP contribution in [0.4, 0.5) is 0 Å². The maximum absolute atomic E-state index is 10.3. The number of hydrogen-bond donors (Lipinski definition) is 2. The molecule has 0 rings (SSSR count). The van der Waals surface area contributed by atoms with Crippen LogP contribution in [0.3, 0.4) is 0 Å². The number of carbonyl (C=O) groups excluding carboxylic acids is 1. The Morgan fingerprint density at radius 2 is 1.93 bits per heavy atom. The zero-order valence-electron chi connectivity index (χ0n) is 10.7. The van der Waals surface area contributed by atoms with Crippen LogP contribution < -0.4 is 35.3 Å². The molecule has 0 bridgehead atoms. The number of nitrogens with two attached hydrogens (primary N) is 1. The molecule has 6 heteroatoms. The minimum absolute atomic E-state index is 0. The molecule has 0 spiro atoms. The van der Waals surface area contributed by atoms with Crippen molar-refractivity contribution in [3.8, 4) is 0 Å². The topological polar surface area (TPSA) is 80.4 Å². The predicted octanol–water partition coefficient (Wildman–Crippen LogP) is -1.84. The van der Waals surface area contributed by atoms with Crippen LogP contribution in [0.25, 0.3) is 0 Å². The van der Waals surface area contributed by atoms with E-state index < -0.39 is 5.97 Å². The number of carboxylic acids is 1. The second-order valence-corrected chi connectivity index (χ2v) is 3.36. The van der Waals surface area contributed by atoms with E-state index in [1.165, 1.54) is 19.0 Å². The molecule has 0 heterocycles. The van der Waals surface area contributed by atoms with Crippen molar-refractivity contribution < 1.29 is 45.7 Å². The van der Waals surface area contributed by atoms with E-state index in [1.54, 1.807) is 0 Å². The molecule has 4 nitrogen and oxygen atoms in total. The van der Waals surface area contributed by atoms with Gasteiger partial charge in [-0.05, 0) is 6.16 Å². The van der Waals surface area contributed by atoms with E-state index in [2.05, 4.69) is 16.2 Å². The van der Waals surface area contributed by atoms with Gasteiger partial charge in [-0.25, -0.2) is 0 Å². The van der Waals surface area contributed by atoms with Crippen molar-refractivity contribution in [1.29, 1.82) is 0 Å². The van der Waals surface area contributed by atoms with Crippen LogP contribution in [0.15, 0.2) is 0 Å². The summed E-state index contributed by atoms with van der Waals surface area (Å²) in [7, 11) is 2.70. The van der Waals surface area contributed by atoms with Gasteiger partial charge in [0.25, 0.3) is 0 Å². The summed E-state index contributed by atoms with van der Waals surface area (Å²) in [5.74, 6) is -1.17. The molecule has 86 valence electrons. The van der Waals surface area contributed by atoms with Gasteiger partial charge in [0.1, 0.15) is 5.78 Å². The summed E-state index contributed by atoms with van der Waals surface area (Å²) in [5, 5.41) is 8.06. The van der Waals surface area contributed by atoms with E-state index in [-0.39, 0.29) is 56.2 Å². The molecular weight excluding hydrogens is 224 g/mol. The van der Waals surface area contributed by atoms with Crippen LogP contribution in [0.2, 0.25) is 0 Å². The van der Waals surface area contributed by atoms with Crippen LogP contribution >= 0.6 is 9.24 Å². The summed E-state index contributed by atoms with van der Waals surface area (Å²) < 4.78 is 0. The van der Waals surface area contributed by atoms with Crippen molar-refractivity contribution in [2.24, 2.45) is 5.73 Å². The van der Waals surface area contributed by atoms with Crippen molar-refractivity contribution in [3.63, 3.8) is 0 Å². The third-order valence-electron chi connectivity index (χ3n) is 1.40. The predicted molar refractivity (Wildman–Crippen MR) is 61.5 cm³/mol. The Hall–Kier alpha value is 0.530. The maximum Gasteiger partial charge on any atom is 1.00 e. The summed E-state index contributed by atoms with van der Waals surface area (Å²) in [6, 6.07) is 0. The second kappa shape index (κ2) is 16.9. The molecule has 0 aromatic heterocycles. The fraction of sp³-hybridized carbons (Fsp3) is 0.778. The Morgan fingerprint density at radius 1 is 1.40 bits per heavy atom. The van der Waals surface area contributed by atoms with Crippen molar-refractivity contribution in [2.75, 3.05) is 12.7 Å². The van der Waals surface area contributed by atoms with Gasteiger partial charge in [0.15, 0.2) is 0 Å². The Bertz CT molecular complexity index is 171. The van der Waals surface area contributed by atoms with Crippen LogP contribution in [-0.2, 0) is 9.59 Å². The van der Waals surface area contributed by atoms with Crippen LogP contribution in [0.5, 0.6) is 0 Å². The summed E-state index contributed by atoms with van der Waals surface area (Å²) >= 11 is 0. The molecule has 1 unspecified atom stereocenters. The molecule has 0 aromatic rings. The first-order valence-electron chi connectivity index (χ1n) is 4.72. The first-order chi connectivity index (χ1) is 6.58. The number of hydrogen-bond acceptors (Lipinski definition) is 3. The number of ketones is 1. The van der Waals surface area contributed by atoms with Gasteiger partial charge < -0.3 is 12.3 Å². The van der Waals surface area contributed by atoms with Crippen LogP contribution in [0.1, 0.15) is 34.0 Å². The molecular formula is C9H21NNaO3P. The van der Waals surface area contributed by atoms with Crippen molar-refractivity contribution in [1.82, 2.24) is 0 Å². The number of carboxylic acid groups (broad SMARTS) is 1. The molecule has 3 N–H and O–H groups in total. The zero-order chi connectivity index (χ0) is 11.4. The average molecular weight is 245 g/mol. The van der Waals surface area contributed by atoms with Gasteiger partial charge in [-0.15, -0.1) is 9.24 Å². The molecule has 0 saturated carbocycles. The van der Waals surface area contributed by atoms with Gasteiger partial charge in [0.2, 0.25) is 0 Å². The Balaban J connectivity index is -0.0000000904. The summed E-state index contributed by atoms with van der Waals surface area (Å²) in [6.07, 6.45) is 3.87. The van der Waals surface area contributed by atoms with E-state index in [0.29, 0.717) is 0 Å². The molecule has 0 aliphatic carbocycles. The molecule has 0 aromatic carbocycles. The molecule has 0 aliphatic heterocycles. The molecule has 0 saturated heterocycles. The smallest absolute Gasteiger partial charge is 1.00 e. The summed E-state index contributed by atoms with van der Waals surface area (Å²) in [6.45, 7) is 2.14. The van der Waals surface area contributed by atoms with E-state index >= 15 is 0 Å². The fourth-order valence-corrected chi connectivity index (χ4v) is 0.961. The monoisotopic (exact) mass is 245 g/mol. The van der Waals surface area contributed by atoms with Gasteiger partial charge in [-0.2, -0.15) is 0 Å². The SMILES string of the molecule is CCCCP.NCC(=O)CCC(=O)O.[H-].[Na+]. The molecule has 0 radical (unpaired) electrons. The van der Waals surface area contributed by atoms with Gasteiger partial charge in [-0.3, -0.25) is 9.59 Å². The second-order valence-electron chi connectivity index (χ2n) is 2.78. The molecule has 0 aliphatic rings. The van der Waals surface area contributed by atoms with E-state index in [0.717, 1.165) is 0 Å². The Morgan fingerprint density at radius 3 is 2.13 bits per heavy atom. The first kappa shape index (κ1) is 20.9. The minimum atomic E-state index is -0.961. The first-order valence-corrected chi connectivity index (χ1v) is 5.53. The third-order valence-corrected chi connectivity index (χ3v) is 1.81. The molecule has 1 atom stereocenters. The Labute approximate surface area is 117 Å². The van der Waals surface area contributed by atoms with Crippen molar-refractivity contribution >= 4 is 21.0 Å². The van der Waals surface area contributed by atoms with Crippen LogP contribution in [-0.4, -0.2) is 29.6 Å². The number of aliphatic carboxylic acids is 1. The largest absolute Gasteiger partial charge is 1.00 e. The van der Waals surface area contributed by atoms with Gasteiger partial charge >= 0.3 is 35.5 Å². The minimum Gasteiger partial charge on any atom is -1.00 e. The third kappa shape index (κ3) is 25.1. The van der Waals surface area contributed by atoms with Crippen LogP contribution in [0, 0.1) is 0 Å². The summed E-state index contributed by atoms with van der Waals surface area (Å²) in [5.41, 5.74) is 4.92. The standard InChI is InChI=1S/C5H9NO3.C4H11P.Na.H/c6-3-4(7)1-2-5(8)9;1-2-3-4-5;;/h1-3,6H2,(H,8,9);2-5H2,1H3;;/q;;+1;-1.